The summed E-state index contributed by atoms with van der Waals surface area (Å²) in [6.07, 6.45) is 10.9. The van der Waals surface area contributed by atoms with E-state index in [4.69, 9.17) is 0 Å². The van der Waals surface area contributed by atoms with Crippen molar-refractivity contribution in [3.8, 4) is 0 Å². The summed E-state index contributed by atoms with van der Waals surface area (Å²) in [6.45, 7) is 11.4. The number of carboxylic acids is 1. The summed E-state index contributed by atoms with van der Waals surface area (Å²) >= 11 is 0. The summed E-state index contributed by atoms with van der Waals surface area (Å²) in [5.74, 6) is -1.46. The van der Waals surface area contributed by atoms with E-state index in [2.05, 4.69) is 56.4 Å². The molecule has 5 nitrogen and oxygen atoms in total. The summed E-state index contributed by atoms with van der Waals surface area (Å²) in [5.41, 5.74) is 3.71. The molecule has 0 aromatic heterocycles. The van der Waals surface area contributed by atoms with Crippen molar-refractivity contribution in [2.75, 3.05) is 0 Å². The van der Waals surface area contributed by atoms with E-state index in [-0.39, 0.29) is 11.3 Å². The van der Waals surface area contributed by atoms with Gasteiger partial charge in [-0.2, -0.15) is 0 Å². The van der Waals surface area contributed by atoms with Gasteiger partial charge in [0.05, 0.1) is 5.60 Å². The molecule has 1 saturated carbocycles. The van der Waals surface area contributed by atoms with Crippen LogP contribution in [0, 0.1) is 13.8 Å². The molecule has 1 aliphatic rings. The zero-order chi connectivity index (χ0) is 27.4. The van der Waals surface area contributed by atoms with E-state index in [1.807, 2.05) is 25.1 Å². The molecule has 37 heavy (non-hydrogen) atoms. The summed E-state index contributed by atoms with van der Waals surface area (Å²) in [5, 5.41) is 22.9. The summed E-state index contributed by atoms with van der Waals surface area (Å²) in [6, 6.07) is 12.5. The third-order valence-electron chi connectivity index (χ3n) is 8.31. The maximum absolute atomic E-state index is 12.8. The lowest BCUT2D eigenvalue weighted by Crippen LogP contribution is -2.49. The lowest BCUT2D eigenvalue weighted by Gasteiger charge is -2.34. The van der Waals surface area contributed by atoms with Crippen LogP contribution in [0.4, 0.5) is 0 Å². The molecule has 0 unspecified atom stereocenters. The Morgan fingerprint density at radius 1 is 0.946 bits per heavy atom. The second-order valence-corrected chi connectivity index (χ2v) is 11.3. The first kappa shape index (κ1) is 28.6. The van der Waals surface area contributed by atoms with E-state index in [1.54, 1.807) is 0 Å². The number of hydrogen-bond donors (Lipinski definition) is 3. The predicted molar refractivity (Wildman–Crippen MR) is 150 cm³/mol. The van der Waals surface area contributed by atoms with Crippen molar-refractivity contribution in [1.82, 2.24) is 5.32 Å². The first-order valence-electron chi connectivity index (χ1n) is 13.6. The molecule has 0 aliphatic heterocycles. The molecule has 0 atom stereocenters. The lowest BCUT2D eigenvalue weighted by molar-refractivity contribution is -0.143. The predicted octanol–water partition coefficient (Wildman–Crippen LogP) is 6.71. The average molecular weight is 506 g/mol. The van der Waals surface area contributed by atoms with Crippen molar-refractivity contribution in [3.05, 3.63) is 75.9 Å². The van der Waals surface area contributed by atoms with Gasteiger partial charge < -0.3 is 15.5 Å². The molecule has 200 valence electrons. The van der Waals surface area contributed by atoms with Gasteiger partial charge in [0, 0.05) is 11.0 Å². The normalized spacial score (nSPS) is 16.1. The van der Waals surface area contributed by atoms with Gasteiger partial charge in [-0.25, -0.2) is 4.79 Å². The molecular formula is C32H43NO4. The molecule has 0 heterocycles. The second kappa shape index (κ2) is 11.2. The van der Waals surface area contributed by atoms with Crippen LogP contribution in [-0.2, 0) is 10.2 Å². The molecule has 3 N–H and O–H groups in total. The van der Waals surface area contributed by atoms with E-state index >= 15 is 0 Å². The highest BCUT2D eigenvalue weighted by Crippen LogP contribution is 2.40. The number of aliphatic hydroxyl groups is 1. The number of amides is 1. The van der Waals surface area contributed by atoms with Crippen LogP contribution in [0.2, 0.25) is 0 Å². The quantitative estimate of drug-likeness (QED) is 0.353. The molecule has 5 heteroatoms. The molecule has 1 amide bonds. The van der Waals surface area contributed by atoms with E-state index in [0.29, 0.717) is 5.56 Å². The molecule has 3 rings (SSSR count). The number of benzene rings is 2. The molecule has 1 fully saturated rings. The van der Waals surface area contributed by atoms with E-state index in [9.17, 15) is 19.8 Å². The Morgan fingerprint density at radius 3 is 2.03 bits per heavy atom. The van der Waals surface area contributed by atoms with Gasteiger partial charge in [-0.15, -0.1) is 0 Å². The van der Waals surface area contributed by atoms with Gasteiger partial charge in [0.25, 0.3) is 5.91 Å². The lowest BCUT2D eigenvalue weighted by atomic mass is 9.69. The zero-order valence-corrected chi connectivity index (χ0v) is 23.3. The molecule has 0 bridgehead atoms. The molecule has 0 spiro atoms. The van der Waals surface area contributed by atoms with Crippen molar-refractivity contribution < 1.29 is 19.8 Å². The van der Waals surface area contributed by atoms with Crippen LogP contribution in [0.3, 0.4) is 0 Å². The van der Waals surface area contributed by atoms with Crippen molar-refractivity contribution in [2.45, 2.75) is 103 Å². The Balaban J connectivity index is 1.92. The highest BCUT2D eigenvalue weighted by molar-refractivity contribution is 5.98. The Bertz CT molecular complexity index is 1170. The van der Waals surface area contributed by atoms with Crippen LogP contribution in [0.25, 0.3) is 6.08 Å². The number of hydrogen-bond acceptors (Lipinski definition) is 3. The summed E-state index contributed by atoms with van der Waals surface area (Å²) < 4.78 is 0. The first-order valence-corrected chi connectivity index (χ1v) is 13.6. The minimum Gasteiger partial charge on any atom is -0.480 e. The topological polar surface area (TPSA) is 86.6 Å². The Labute approximate surface area is 222 Å². The summed E-state index contributed by atoms with van der Waals surface area (Å²) in [7, 11) is 0. The maximum atomic E-state index is 12.8. The van der Waals surface area contributed by atoms with Crippen LogP contribution in [-0.4, -0.2) is 33.2 Å². The average Bonchev–Trinajstić information content (AvgIpc) is 2.84. The highest BCUT2D eigenvalue weighted by Gasteiger charge is 2.33. The molecule has 0 saturated heterocycles. The van der Waals surface area contributed by atoms with Crippen LogP contribution in [0.5, 0.6) is 0 Å². The molecule has 1 aliphatic carbocycles. The summed E-state index contributed by atoms with van der Waals surface area (Å²) in [4.78, 5) is 24.3. The van der Waals surface area contributed by atoms with Gasteiger partial charge >= 0.3 is 5.97 Å². The van der Waals surface area contributed by atoms with Crippen LogP contribution in [0.15, 0.2) is 42.5 Å². The number of nitrogens with one attached hydrogen (secondary N) is 1. The second-order valence-electron chi connectivity index (χ2n) is 11.3. The van der Waals surface area contributed by atoms with Crippen molar-refractivity contribution in [1.29, 1.82) is 0 Å². The number of aryl methyl sites for hydroxylation is 2. The third-order valence-corrected chi connectivity index (χ3v) is 8.31. The van der Waals surface area contributed by atoms with Gasteiger partial charge in [-0.05, 0) is 87.3 Å². The van der Waals surface area contributed by atoms with Crippen LogP contribution < -0.4 is 5.32 Å². The van der Waals surface area contributed by atoms with Crippen LogP contribution >= 0.6 is 0 Å². The Morgan fingerprint density at radius 2 is 1.51 bits per heavy atom. The molecule has 2 aromatic carbocycles. The van der Waals surface area contributed by atoms with Crippen molar-refractivity contribution in [3.63, 3.8) is 0 Å². The van der Waals surface area contributed by atoms with Gasteiger partial charge in [0.1, 0.15) is 5.54 Å². The van der Waals surface area contributed by atoms with Gasteiger partial charge in [-0.1, -0.05) is 75.6 Å². The van der Waals surface area contributed by atoms with Gasteiger partial charge in [0.2, 0.25) is 0 Å². The maximum Gasteiger partial charge on any atom is 0.328 e. The fourth-order valence-electron chi connectivity index (χ4n) is 5.59. The van der Waals surface area contributed by atoms with Crippen LogP contribution in [0.1, 0.15) is 111 Å². The number of aliphatic carboxylic acids is 1. The highest BCUT2D eigenvalue weighted by atomic mass is 16.4. The standard InChI is InChI=1S/C32H43NO4/c1-7-32(8-2,26-14-15-27(23(4)21-26)28(34)33-30(5,6)29(35)36)25-13-12-24(22(3)20-25)16-19-31(37)17-10-9-11-18-31/h12-16,19-21,37H,7-11,17-18H2,1-6H3,(H,33,34)(H,35,36). The fraction of sp³-hybridized carbons (Fsp3) is 0.500. The minimum absolute atomic E-state index is 0.214. The molecular weight excluding hydrogens is 462 g/mol. The minimum atomic E-state index is -1.35. The van der Waals surface area contributed by atoms with Crippen molar-refractivity contribution >= 4 is 18.0 Å². The molecule has 0 radical (unpaired) electrons. The van der Waals surface area contributed by atoms with Gasteiger partial charge in [-0.3, -0.25) is 4.79 Å². The van der Waals surface area contributed by atoms with E-state index < -0.39 is 17.1 Å². The third kappa shape index (κ3) is 6.15. The monoisotopic (exact) mass is 505 g/mol. The van der Waals surface area contributed by atoms with Crippen molar-refractivity contribution in [2.24, 2.45) is 0 Å². The molecule has 2 aromatic rings. The fourth-order valence-corrected chi connectivity index (χ4v) is 5.59. The van der Waals surface area contributed by atoms with Gasteiger partial charge in [0.15, 0.2) is 0 Å². The smallest absolute Gasteiger partial charge is 0.328 e. The zero-order valence-electron chi connectivity index (χ0n) is 23.3. The van der Waals surface area contributed by atoms with E-state index in [0.717, 1.165) is 55.2 Å². The number of carboxylic acid groups (broad SMARTS) is 1. The number of rotatable bonds is 9. The Hall–Kier alpha value is -2.92. The Kier molecular flexibility index (Phi) is 8.69. The SMILES string of the molecule is CCC(CC)(c1ccc(C=CC2(O)CCCCC2)c(C)c1)c1ccc(C(=O)NC(C)(C)C(=O)O)c(C)c1. The number of carbonyl (C=O) groups is 2. The van der Waals surface area contributed by atoms with E-state index in [1.165, 1.54) is 31.4 Å². The largest absolute Gasteiger partial charge is 0.480 e. The first-order chi connectivity index (χ1) is 17.4. The number of carbonyl (C=O) groups excluding carboxylic acids is 1.